The van der Waals surface area contributed by atoms with Gasteiger partial charge in [-0.2, -0.15) is 5.26 Å². The van der Waals surface area contributed by atoms with Crippen LogP contribution < -0.4 is 5.32 Å². The van der Waals surface area contributed by atoms with Crippen LogP contribution in [0.15, 0.2) is 22.8 Å². The molecule has 0 spiro atoms. The molecule has 2 rings (SSSR count). The van der Waals surface area contributed by atoms with Crippen LogP contribution in [-0.4, -0.2) is 36.1 Å². The van der Waals surface area contributed by atoms with Gasteiger partial charge < -0.3 is 5.32 Å². The van der Waals surface area contributed by atoms with Gasteiger partial charge in [0.05, 0.1) is 11.8 Å². The third-order valence-electron chi connectivity index (χ3n) is 2.67. The Morgan fingerprint density at radius 2 is 2.19 bits per heavy atom. The van der Waals surface area contributed by atoms with Gasteiger partial charge in [-0.25, -0.2) is 0 Å². The molecule has 0 aromatic carbocycles. The number of nitrogens with zero attached hydrogens (tertiary/aromatic N) is 3. The number of nitriles is 1. The summed E-state index contributed by atoms with van der Waals surface area (Å²) >= 11 is 3.34. The zero-order valence-electron chi connectivity index (χ0n) is 8.86. The topological polar surface area (TPSA) is 52.0 Å². The van der Waals surface area contributed by atoms with Gasteiger partial charge in [-0.3, -0.25) is 9.88 Å². The largest absolute Gasteiger partial charge is 0.314 e. The van der Waals surface area contributed by atoms with Crippen molar-refractivity contribution >= 4 is 15.9 Å². The van der Waals surface area contributed by atoms with E-state index in [2.05, 4.69) is 37.2 Å². The van der Waals surface area contributed by atoms with Crippen LogP contribution in [0.5, 0.6) is 0 Å². The molecule has 1 aromatic heterocycles. The van der Waals surface area contributed by atoms with Gasteiger partial charge in [-0.15, -0.1) is 0 Å². The Labute approximate surface area is 103 Å². The lowest BCUT2D eigenvalue weighted by Gasteiger charge is -2.30. The molecule has 1 saturated heterocycles. The van der Waals surface area contributed by atoms with Crippen molar-refractivity contribution in [3.63, 3.8) is 0 Å². The highest BCUT2D eigenvalue weighted by Gasteiger charge is 2.22. The van der Waals surface area contributed by atoms with E-state index in [1.54, 1.807) is 6.20 Å². The van der Waals surface area contributed by atoms with Crippen LogP contribution in [0.4, 0.5) is 0 Å². The van der Waals surface area contributed by atoms with Crippen LogP contribution >= 0.6 is 15.9 Å². The Kier molecular flexibility index (Phi) is 3.88. The van der Waals surface area contributed by atoms with Gasteiger partial charge in [0.1, 0.15) is 6.04 Å². The van der Waals surface area contributed by atoms with E-state index in [0.717, 1.165) is 36.3 Å². The summed E-state index contributed by atoms with van der Waals surface area (Å²) in [6, 6.07) is 5.93. The van der Waals surface area contributed by atoms with E-state index in [-0.39, 0.29) is 6.04 Å². The summed E-state index contributed by atoms with van der Waals surface area (Å²) in [6.07, 6.45) is 1.74. The molecule has 1 fully saturated rings. The van der Waals surface area contributed by atoms with Crippen molar-refractivity contribution in [3.8, 4) is 6.07 Å². The summed E-state index contributed by atoms with van der Waals surface area (Å²) in [5, 5.41) is 12.5. The summed E-state index contributed by atoms with van der Waals surface area (Å²) < 4.78 is 0.938. The van der Waals surface area contributed by atoms with Crippen molar-refractivity contribution in [2.24, 2.45) is 0 Å². The minimum atomic E-state index is -0.227. The number of nitrogens with one attached hydrogen (secondary N) is 1. The van der Waals surface area contributed by atoms with Crippen LogP contribution in [0.25, 0.3) is 0 Å². The molecule has 84 valence electrons. The zero-order chi connectivity index (χ0) is 11.4. The quantitative estimate of drug-likeness (QED) is 0.888. The highest BCUT2D eigenvalue weighted by Crippen LogP contribution is 2.19. The van der Waals surface area contributed by atoms with Crippen LogP contribution in [0, 0.1) is 11.3 Å². The maximum Gasteiger partial charge on any atom is 0.141 e. The minimum Gasteiger partial charge on any atom is -0.314 e. The van der Waals surface area contributed by atoms with Crippen molar-refractivity contribution in [1.29, 1.82) is 5.26 Å². The monoisotopic (exact) mass is 280 g/mol. The molecule has 1 N–H and O–H groups in total. The van der Waals surface area contributed by atoms with E-state index >= 15 is 0 Å². The molecule has 2 heterocycles. The van der Waals surface area contributed by atoms with Gasteiger partial charge in [-0.1, -0.05) is 0 Å². The lowest BCUT2D eigenvalue weighted by Crippen LogP contribution is -2.45. The first-order valence-electron chi connectivity index (χ1n) is 5.27. The van der Waals surface area contributed by atoms with E-state index in [9.17, 15) is 5.26 Å². The molecule has 0 amide bonds. The van der Waals surface area contributed by atoms with Gasteiger partial charge in [0.15, 0.2) is 0 Å². The summed E-state index contributed by atoms with van der Waals surface area (Å²) in [5.74, 6) is 0. The van der Waals surface area contributed by atoms with Crippen molar-refractivity contribution in [2.75, 3.05) is 26.2 Å². The van der Waals surface area contributed by atoms with Gasteiger partial charge in [0.2, 0.25) is 0 Å². The summed E-state index contributed by atoms with van der Waals surface area (Å²) in [6.45, 7) is 3.68. The second-order valence-corrected chi connectivity index (χ2v) is 4.63. The predicted octanol–water partition coefficient (Wildman–Crippen LogP) is 1.31. The molecule has 1 atom stereocenters. The third-order valence-corrected chi connectivity index (χ3v) is 3.14. The van der Waals surface area contributed by atoms with Gasteiger partial charge in [-0.05, 0) is 28.1 Å². The van der Waals surface area contributed by atoms with E-state index in [1.807, 2.05) is 12.1 Å². The molecule has 0 aliphatic carbocycles. The Morgan fingerprint density at radius 3 is 2.75 bits per heavy atom. The summed E-state index contributed by atoms with van der Waals surface area (Å²) in [5.41, 5.74) is 0.826. The molecular weight excluding hydrogens is 268 g/mol. The van der Waals surface area contributed by atoms with Crippen LogP contribution in [0.2, 0.25) is 0 Å². The fraction of sp³-hybridized carbons (Fsp3) is 0.455. The van der Waals surface area contributed by atoms with E-state index in [1.165, 1.54) is 0 Å². The van der Waals surface area contributed by atoms with E-state index in [0.29, 0.717) is 0 Å². The van der Waals surface area contributed by atoms with Crippen molar-refractivity contribution in [3.05, 3.63) is 28.5 Å². The highest BCUT2D eigenvalue weighted by molar-refractivity contribution is 9.10. The Morgan fingerprint density at radius 1 is 1.44 bits per heavy atom. The molecule has 1 aliphatic heterocycles. The number of pyridine rings is 1. The molecule has 16 heavy (non-hydrogen) atoms. The molecule has 5 heteroatoms. The lowest BCUT2D eigenvalue weighted by molar-refractivity contribution is 0.205. The second-order valence-electron chi connectivity index (χ2n) is 3.72. The van der Waals surface area contributed by atoms with Gasteiger partial charge >= 0.3 is 0 Å². The number of aromatic nitrogens is 1. The number of hydrogen-bond donors (Lipinski definition) is 1. The first-order valence-corrected chi connectivity index (χ1v) is 6.06. The summed E-state index contributed by atoms with van der Waals surface area (Å²) in [4.78, 5) is 6.45. The predicted molar refractivity (Wildman–Crippen MR) is 64.7 cm³/mol. The molecule has 1 aliphatic rings. The third kappa shape index (κ3) is 2.59. The Balaban J connectivity index is 2.15. The number of rotatable bonds is 2. The second kappa shape index (κ2) is 5.39. The maximum absolute atomic E-state index is 9.24. The lowest BCUT2D eigenvalue weighted by atomic mass is 10.1. The number of hydrogen-bond acceptors (Lipinski definition) is 4. The first kappa shape index (κ1) is 11.5. The normalized spacial score (nSPS) is 19.0. The van der Waals surface area contributed by atoms with Crippen LogP contribution in [-0.2, 0) is 0 Å². The summed E-state index contributed by atoms with van der Waals surface area (Å²) in [7, 11) is 0. The first-order chi connectivity index (χ1) is 7.81. The smallest absolute Gasteiger partial charge is 0.141 e. The molecule has 0 bridgehead atoms. The molecular formula is C11H13BrN4. The SMILES string of the molecule is N#CC(c1ccc(Br)cn1)N1CCNCC1. The fourth-order valence-electron chi connectivity index (χ4n) is 1.82. The molecule has 1 aromatic rings. The van der Waals surface area contributed by atoms with Crippen LogP contribution in [0.3, 0.4) is 0 Å². The van der Waals surface area contributed by atoms with Crippen molar-refractivity contribution in [1.82, 2.24) is 15.2 Å². The van der Waals surface area contributed by atoms with Crippen LogP contribution in [0.1, 0.15) is 11.7 Å². The average Bonchev–Trinajstić information content (AvgIpc) is 2.34. The fourth-order valence-corrected chi connectivity index (χ4v) is 2.06. The standard InChI is InChI=1S/C11H13BrN4/c12-9-1-2-10(15-8-9)11(7-13)16-5-3-14-4-6-16/h1-2,8,11,14H,3-6H2. The van der Waals surface area contributed by atoms with Gasteiger partial charge in [0, 0.05) is 36.8 Å². The molecule has 0 saturated carbocycles. The van der Waals surface area contributed by atoms with E-state index in [4.69, 9.17) is 0 Å². The molecule has 4 nitrogen and oxygen atoms in total. The minimum absolute atomic E-state index is 0.227. The average molecular weight is 281 g/mol. The number of halogens is 1. The van der Waals surface area contributed by atoms with E-state index < -0.39 is 0 Å². The maximum atomic E-state index is 9.24. The molecule has 1 unspecified atom stereocenters. The number of piperazine rings is 1. The van der Waals surface area contributed by atoms with Crippen molar-refractivity contribution in [2.45, 2.75) is 6.04 Å². The molecule has 0 radical (unpaired) electrons. The Hall–Kier alpha value is -0.960. The highest BCUT2D eigenvalue weighted by atomic mass is 79.9. The Bertz CT molecular complexity index is 378. The zero-order valence-corrected chi connectivity index (χ0v) is 10.4. The van der Waals surface area contributed by atoms with Gasteiger partial charge in [0.25, 0.3) is 0 Å². The van der Waals surface area contributed by atoms with Crippen molar-refractivity contribution < 1.29 is 0 Å².